The van der Waals surface area contributed by atoms with Crippen LogP contribution < -0.4 is 10.1 Å². The minimum absolute atomic E-state index is 0.0194. The predicted octanol–water partition coefficient (Wildman–Crippen LogP) is 3.20. The smallest absolute Gasteiger partial charge is 0.267 e. The molecule has 1 aliphatic heterocycles. The van der Waals surface area contributed by atoms with Gasteiger partial charge < -0.3 is 4.74 Å². The van der Waals surface area contributed by atoms with E-state index < -0.39 is 23.6 Å². The molecule has 1 aromatic carbocycles. The maximum atomic E-state index is 14.3. The van der Waals surface area contributed by atoms with Crippen LogP contribution in [0.2, 0.25) is 0 Å². The maximum Gasteiger partial charge on any atom is 0.267 e. The molecule has 2 aliphatic rings. The number of rotatable bonds is 3. The molecule has 1 saturated heterocycles. The Bertz CT molecular complexity index is 603. The summed E-state index contributed by atoms with van der Waals surface area (Å²) in [6, 6.07) is 2.27. The summed E-state index contributed by atoms with van der Waals surface area (Å²) in [6.45, 7) is 0. The Labute approximate surface area is 133 Å². The number of benzene rings is 1. The monoisotopic (exact) mass is 323 g/mol. The Kier molecular flexibility index (Phi) is 4.59. The van der Waals surface area contributed by atoms with Gasteiger partial charge in [0, 0.05) is 30.5 Å². The van der Waals surface area contributed by atoms with Gasteiger partial charge in [-0.3, -0.25) is 14.9 Å². The lowest BCUT2D eigenvalue weighted by Crippen LogP contribution is -2.46. The average Bonchev–Trinajstić information content (AvgIpc) is 2.50. The van der Waals surface area contributed by atoms with Gasteiger partial charge in [-0.25, -0.2) is 8.78 Å². The highest BCUT2D eigenvalue weighted by atomic mass is 19.1. The first-order valence-corrected chi connectivity index (χ1v) is 8.04. The number of ether oxygens (including phenoxy) is 1. The van der Waals surface area contributed by atoms with Gasteiger partial charge in [0.25, 0.3) is 5.91 Å². The third kappa shape index (κ3) is 3.51. The topological polar surface area (TPSA) is 55.4 Å². The van der Waals surface area contributed by atoms with Crippen molar-refractivity contribution in [3.05, 3.63) is 29.3 Å². The number of nitrogens with one attached hydrogen (secondary N) is 1. The van der Waals surface area contributed by atoms with Gasteiger partial charge >= 0.3 is 0 Å². The van der Waals surface area contributed by atoms with Crippen molar-refractivity contribution < 1.29 is 23.1 Å². The summed E-state index contributed by atoms with van der Waals surface area (Å²) in [5, 5.41) is 2.15. The highest BCUT2D eigenvalue weighted by Gasteiger charge is 2.29. The minimum Gasteiger partial charge on any atom is -0.480 e. The molecule has 0 spiro atoms. The molecular weight excluding hydrogens is 304 g/mol. The van der Waals surface area contributed by atoms with Crippen LogP contribution in [0.1, 0.15) is 56.4 Å². The average molecular weight is 323 g/mol. The fraction of sp³-hybridized carbons (Fsp3) is 0.529. The Morgan fingerprint density at radius 3 is 2.26 bits per heavy atom. The van der Waals surface area contributed by atoms with E-state index in [1.807, 2.05) is 0 Å². The van der Waals surface area contributed by atoms with Gasteiger partial charge in [-0.1, -0.05) is 19.3 Å². The van der Waals surface area contributed by atoms with Crippen LogP contribution >= 0.6 is 0 Å². The van der Waals surface area contributed by atoms with Gasteiger partial charge in [0.05, 0.1) is 0 Å². The molecule has 0 radical (unpaired) electrons. The number of hydrogen-bond acceptors (Lipinski definition) is 3. The molecule has 0 aromatic heterocycles. The summed E-state index contributed by atoms with van der Waals surface area (Å²) < 4.78 is 34.0. The molecule has 1 saturated carbocycles. The molecule has 23 heavy (non-hydrogen) atoms. The van der Waals surface area contributed by atoms with E-state index in [2.05, 4.69) is 5.32 Å². The van der Waals surface area contributed by atoms with Gasteiger partial charge in [0.2, 0.25) is 5.91 Å². The Balaban J connectivity index is 1.76. The zero-order chi connectivity index (χ0) is 16.4. The van der Waals surface area contributed by atoms with Crippen molar-refractivity contribution in [3.63, 3.8) is 0 Å². The van der Waals surface area contributed by atoms with E-state index in [4.69, 9.17) is 4.74 Å². The van der Waals surface area contributed by atoms with Crippen LogP contribution in [-0.2, 0) is 9.59 Å². The van der Waals surface area contributed by atoms with Crippen LogP contribution in [0.15, 0.2) is 12.1 Å². The third-order valence-electron chi connectivity index (χ3n) is 4.53. The zero-order valence-electron chi connectivity index (χ0n) is 12.7. The molecule has 6 heteroatoms. The van der Waals surface area contributed by atoms with Crippen LogP contribution in [0.5, 0.6) is 5.75 Å². The van der Waals surface area contributed by atoms with Crippen LogP contribution in [0, 0.1) is 11.6 Å². The van der Waals surface area contributed by atoms with Crippen molar-refractivity contribution in [1.29, 1.82) is 0 Å². The molecule has 0 bridgehead atoms. The van der Waals surface area contributed by atoms with Crippen LogP contribution in [0.25, 0.3) is 0 Å². The van der Waals surface area contributed by atoms with Crippen LogP contribution in [-0.4, -0.2) is 17.9 Å². The molecule has 1 N–H and O–H groups in total. The number of halogens is 2. The van der Waals surface area contributed by atoms with Crippen molar-refractivity contribution in [2.24, 2.45) is 0 Å². The highest BCUT2D eigenvalue weighted by Crippen LogP contribution is 2.37. The van der Waals surface area contributed by atoms with Crippen LogP contribution in [0.4, 0.5) is 8.78 Å². The number of carbonyl (C=O) groups excluding carboxylic acids is 2. The first kappa shape index (κ1) is 15.9. The number of amides is 2. The number of imide groups is 1. The first-order chi connectivity index (χ1) is 11.0. The lowest BCUT2D eigenvalue weighted by Gasteiger charge is -2.25. The second kappa shape index (κ2) is 6.64. The van der Waals surface area contributed by atoms with E-state index in [0.717, 1.165) is 44.2 Å². The summed E-state index contributed by atoms with van der Waals surface area (Å²) in [6.07, 6.45) is 4.13. The summed E-state index contributed by atoms with van der Waals surface area (Å²) in [5.41, 5.74) is 0.125. The molecule has 124 valence electrons. The molecule has 2 amide bonds. The molecule has 1 unspecified atom stereocenters. The van der Waals surface area contributed by atoms with Crippen molar-refractivity contribution in [2.45, 2.75) is 57.0 Å². The van der Waals surface area contributed by atoms with E-state index in [1.165, 1.54) is 0 Å². The SMILES string of the molecule is O=C1CCC(Oc2cc(F)c(C3CCCCC3)c(F)c2)C(=O)N1. The first-order valence-electron chi connectivity index (χ1n) is 8.04. The molecule has 1 aromatic rings. The number of hydrogen-bond donors (Lipinski definition) is 1. The normalized spacial score (nSPS) is 22.8. The van der Waals surface area contributed by atoms with E-state index in [9.17, 15) is 18.4 Å². The van der Waals surface area contributed by atoms with E-state index in [0.29, 0.717) is 0 Å². The van der Waals surface area contributed by atoms with Crippen molar-refractivity contribution in [3.8, 4) is 5.75 Å². The minimum atomic E-state index is -0.896. The largest absolute Gasteiger partial charge is 0.480 e. The molecule has 4 nitrogen and oxygen atoms in total. The fourth-order valence-corrected chi connectivity index (χ4v) is 3.36. The third-order valence-corrected chi connectivity index (χ3v) is 4.53. The molecule has 1 aliphatic carbocycles. The lowest BCUT2D eigenvalue weighted by atomic mass is 9.83. The number of carbonyl (C=O) groups is 2. The summed E-state index contributed by atoms with van der Waals surface area (Å²) in [4.78, 5) is 22.7. The second-order valence-electron chi connectivity index (χ2n) is 6.19. The van der Waals surface area contributed by atoms with Crippen molar-refractivity contribution in [2.75, 3.05) is 0 Å². The summed E-state index contributed by atoms with van der Waals surface area (Å²) in [5.74, 6) is -2.29. The molecular formula is C17H19F2NO3. The van der Waals surface area contributed by atoms with Gasteiger partial charge in [-0.15, -0.1) is 0 Å². The standard InChI is InChI=1S/C17H19F2NO3/c18-12-8-11(23-14-6-7-15(21)20-17(14)22)9-13(19)16(12)10-4-2-1-3-5-10/h8-10,14H,1-7H2,(H,20,21,22). The summed E-state index contributed by atoms with van der Waals surface area (Å²) in [7, 11) is 0. The second-order valence-corrected chi connectivity index (χ2v) is 6.19. The zero-order valence-corrected chi connectivity index (χ0v) is 12.7. The van der Waals surface area contributed by atoms with Gasteiger partial charge in [0.1, 0.15) is 17.4 Å². The van der Waals surface area contributed by atoms with E-state index >= 15 is 0 Å². The van der Waals surface area contributed by atoms with E-state index in [-0.39, 0.29) is 36.0 Å². The fourth-order valence-electron chi connectivity index (χ4n) is 3.36. The van der Waals surface area contributed by atoms with Gasteiger partial charge in [0.15, 0.2) is 6.10 Å². The molecule has 1 atom stereocenters. The Hall–Kier alpha value is -1.98. The predicted molar refractivity (Wildman–Crippen MR) is 79.0 cm³/mol. The van der Waals surface area contributed by atoms with E-state index in [1.54, 1.807) is 0 Å². The maximum absolute atomic E-state index is 14.3. The van der Waals surface area contributed by atoms with Gasteiger partial charge in [-0.05, 0) is 18.8 Å². The molecule has 3 rings (SSSR count). The highest BCUT2D eigenvalue weighted by molar-refractivity contribution is 5.99. The molecule has 2 fully saturated rings. The number of piperidine rings is 1. The van der Waals surface area contributed by atoms with Crippen molar-refractivity contribution >= 4 is 11.8 Å². The van der Waals surface area contributed by atoms with Gasteiger partial charge in [-0.2, -0.15) is 0 Å². The Morgan fingerprint density at radius 2 is 1.65 bits per heavy atom. The van der Waals surface area contributed by atoms with Crippen molar-refractivity contribution in [1.82, 2.24) is 5.32 Å². The van der Waals surface area contributed by atoms with Crippen LogP contribution in [0.3, 0.4) is 0 Å². The quantitative estimate of drug-likeness (QED) is 0.869. The molecule has 1 heterocycles. The summed E-state index contributed by atoms with van der Waals surface area (Å²) >= 11 is 0. The lowest BCUT2D eigenvalue weighted by molar-refractivity contribution is -0.138. The Morgan fingerprint density at radius 1 is 1.00 bits per heavy atom.